The first-order valence-electron chi connectivity index (χ1n) is 7.85. The SMILES string of the molecule is Clc1ccc2nsnc2c1NC1=NCCN1.O=C(O)Cc1ccccc1. The lowest BCUT2D eigenvalue weighted by Crippen LogP contribution is -2.26. The minimum atomic E-state index is -0.786. The van der Waals surface area contributed by atoms with Crippen LogP contribution in [0.2, 0.25) is 5.02 Å². The Balaban J connectivity index is 0.000000170. The van der Waals surface area contributed by atoms with Crippen molar-refractivity contribution in [3.63, 3.8) is 0 Å². The van der Waals surface area contributed by atoms with Crippen LogP contribution >= 0.6 is 23.3 Å². The number of nitrogens with one attached hydrogen (secondary N) is 2. The maximum Gasteiger partial charge on any atom is 0.307 e. The summed E-state index contributed by atoms with van der Waals surface area (Å²) in [6, 6.07) is 12.8. The molecule has 4 rings (SSSR count). The van der Waals surface area contributed by atoms with Gasteiger partial charge >= 0.3 is 5.97 Å². The quantitative estimate of drug-likeness (QED) is 0.636. The van der Waals surface area contributed by atoms with E-state index in [1.807, 2.05) is 30.3 Å². The van der Waals surface area contributed by atoms with Crippen LogP contribution in [0.15, 0.2) is 47.5 Å². The van der Waals surface area contributed by atoms with E-state index in [0.29, 0.717) is 5.02 Å². The second-order valence-electron chi connectivity index (χ2n) is 5.39. The largest absolute Gasteiger partial charge is 0.481 e. The molecule has 0 saturated heterocycles. The Morgan fingerprint density at radius 2 is 2.04 bits per heavy atom. The molecule has 0 saturated carbocycles. The molecule has 0 aliphatic carbocycles. The van der Waals surface area contributed by atoms with E-state index < -0.39 is 5.97 Å². The van der Waals surface area contributed by atoms with E-state index in [-0.39, 0.29) is 6.42 Å². The highest BCUT2D eigenvalue weighted by Crippen LogP contribution is 2.29. The Kier molecular flexibility index (Phi) is 5.98. The monoisotopic (exact) mass is 389 g/mol. The van der Waals surface area contributed by atoms with Crippen molar-refractivity contribution in [1.29, 1.82) is 0 Å². The van der Waals surface area contributed by atoms with E-state index in [0.717, 1.165) is 41.3 Å². The van der Waals surface area contributed by atoms with Gasteiger partial charge in [0.2, 0.25) is 0 Å². The van der Waals surface area contributed by atoms with Gasteiger partial charge in [-0.25, -0.2) is 0 Å². The molecule has 1 aliphatic heterocycles. The molecule has 2 aromatic carbocycles. The van der Waals surface area contributed by atoms with Crippen molar-refractivity contribution >= 4 is 52.0 Å². The molecule has 26 heavy (non-hydrogen) atoms. The van der Waals surface area contributed by atoms with Crippen LogP contribution in [0, 0.1) is 0 Å². The van der Waals surface area contributed by atoms with E-state index in [1.54, 1.807) is 12.1 Å². The number of aliphatic imine (C=N–C) groups is 1. The zero-order valence-corrected chi connectivity index (χ0v) is 15.2. The van der Waals surface area contributed by atoms with Crippen LogP contribution in [0.1, 0.15) is 5.56 Å². The fraction of sp³-hybridized carbons (Fsp3) is 0.176. The smallest absolute Gasteiger partial charge is 0.307 e. The van der Waals surface area contributed by atoms with Crippen LogP contribution in [-0.4, -0.2) is 38.9 Å². The zero-order valence-electron chi connectivity index (χ0n) is 13.6. The predicted molar refractivity (Wildman–Crippen MR) is 104 cm³/mol. The van der Waals surface area contributed by atoms with E-state index in [4.69, 9.17) is 16.7 Å². The molecule has 134 valence electrons. The topological polar surface area (TPSA) is 99.5 Å². The Morgan fingerprint density at radius 1 is 1.23 bits per heavy atom. The Morgan fingerprint density at radius 3 is 2.73 bits per heavy atom. The fourth-order valence-corrected chi connectivity index (χ4v) is 3.06. The van der Waals surface area contributed by atoms with Crippen molar-refractivity contribution < 1.29 is 9.90 Å². The number of benzene rings is 2. The number of rotatable bonds is 3. The predicted octanol–water partition coefficient (Wildman–Crippen LogP) is 3.03. The molecule has 0 atom stereocenters. The van der Waals surface area contributed by atoms with Gasteiger partial charge < -0.3 is 15.7 Å². The van der Waals surface area contributed by atoms with Gasteiger partial charge in [-0.1, -0.05) is 41.9 Å². The summed E-state index contributed by atoms with van der Waals surface area (Å²) in [6.07, 6.45) is 0.112. The summed E-state index contributed by atoms with van der Waals surface area (Å²) in [4.78, 5) is 14.4. The van der Waals surface area contributed by atoms with Gasteiger partial charge in [0.25, 0.3) is 0 Å². The lowest BCUT2D eigenvalue weighted by Gasteiger charge is -2.08. The summed E-state index contributed by atoms with van der Waals surface area (Å²) in [5.74, 6) is -0.0476. The van der Waals surface area contributed by atoms with Crippen molar-refractivity contribution in [1.82, 2.24) is 14.1 Å². The second-order valence-corrected chi connectivity index (χ2v) is 6.33. The van der Waals surface area contributed by atoms with Crippen molar-refractivity contribution in [2.75, 3.05) is 18.4 Å². The molecule has 1 aromatic heterocycles. The Bertz CT molecular complexity index is 929. The average Bonchev–Trinajstić information content (AvgIpc) is 3.30. The summed E-state index contributed by atoms with van der Waals surface area (Å²) in [5.41, 5.74) is 3.24. The zero-order chi connectivity index (χ0) is 18.4. The molecule has 7 nitrogen and oxygen atoms in total. The van der Waals surface area contributed by atoms with Gasteiger partial charge in [-0.15, -0.1) is 0 Å². The van der Waals surface area contributed by atoms with Gasteiger partial charge in [0.1, 0.15) is 11.0 Å². The van der Waals surface area contributed by atoms with Crippen LogP contribution in [0.4, 0.5) is 5.69 Å². The number of hydrogen-bond donors (Lipinski definition) is 3. The van der Waals surface area contributed by atoms with Gasteiger partial charge in [0.15, 0.2) is 5.96 Å². The summed E-state index contributed by atoms with van der Waals surface area (Å²) in [5, 5.41) is 15.3. The third kappa shape index (κ3) is 4.68. The van der Waals surface area contributed by atoms with E-state index in [1.165, 1.54) is 11.7 Å². The standard InChI is InChI=1S/C9H8ClN5S.C8H8O2/c10-5-1-2-6-8(15-16-14-6)7(5)13-9-11-3-4-12-9;9-8(10)6-7-4-2-1-3-5-7/h1-2H,3-4H2,(H2,11,12,13);1-5H,6H2,(H,9,10). The Hall–Kier alpha value is -2.71. The normalized spacial score (nSPS) is 12.7. The van der Waals surface area contributed by atoms with E-state index in [2.05, 4.69) is 24.4 Å². The summed E-state index contributed by atoms with van der Waals surface area (Å²) >= 11 is 7.30. The van der Waals surface area contributed by atoms with Crippen molar-refractivity contribution in [3.8, 4) is 0 Å². The summed E-state index contributed by atoms with van der Waals surface area (Å²) in [7, 11) is 0. The third-order valence-electron chi connectivity index (χ3n) is 3.49. The van der Waals surface area contributed by atoms with Gasteiger partial charge in [-0.3, -0.25) is 9.79 Å². The first kappa shape index (κ1) is 18.1. The molecular formula is C17H16ClN5O2S. The lowest BCUT2D eigenvalue weighted by molar-refractivity contribution is -0.136. The van der Waals surface area contributed by atoms with Crippen LogP contribution < -0.4 is 10.6 Å². The molecule has 9 heteroatoms. The molecule has 0 radical (unpaired) electrons. The van der Waals surface area contributed by atoms with Crippen molar-refractivity contribution in [2.45, 2.75) is 6.42 Å². The fourth-order valence-electron chi connectivity index (χ4n) is 2.32. The first-order chi connectivity index (χ1) is 12.6. The van der Waals surface area contributed by atoms with E-state index >= 15 is 0 Å². The minimum Gasteiger partial charge on any atom is -0.481 e. The Labute approximate surface area is 159 Å². The number of anilines is 1. The summed E-state index contributed by atoms with van der Waals surface area (Å²) in [6.45, 7) is 1.64. The molecule has 0 spiro atoms. The molecular weight excluding hydrogens is 374 g/mol. The third-order valence-corrected chi connectivity index (χ3v) is 4.35. The van der Waals surface area contributed by atoms with Crippen LogP contribution in [0.25, 0.3) is 11.0 Å². The van der Waals surface area contributed by atoms with Gasteiger partial charge in [-0.05, 0) is 17.7 Å². The molecule has 0 fully saturated rings. The molecule has 2 heterocycles. The maximum absolute atomic E-state index is 10.2. The maximum atomic E-state index is 10.2. The molecule has 0 unspecified atom stereocenters. The molecule has 3 aromatic rings. The molecule has 0 amide bonds. The highest BCUT2D eigenvalue weighted by Gasteiger charge is 2.13. The van der Waals surface area contributed by atoms with E-state index in [9.17, 15) is 4.79 Å². The highest BCUT2D eigenvalue weighted by molar-refractivity contribution is 7.00. The van der Waals surface area contributed by atoms with Crippen LogP contribution in [-0.2, 0) is 11.2 Å². The number of hydrogen-bond acceptors (Lipinski definition) is 7. The minimum absolute atomic E-state index is 0.112. The number of guanidine groups is 1. The number of carboxylic acid groups (broad SMARTS) is 1. The van der Waals surface area contributed by atoms with Crippen LogP contribution in [0.5, 0.6) is 0 Å². The van der Waals surface area contributed by atoms with Gasteiger partial charge in [0.05, 0.1) is 35.4 Å². The molecule has 0 bridgehead atoms. The first-order valence-corrected chi connectivity index (χ1v) is 8.96. The van der Waals surface area contributed by atoms with Crippen LogP contribution in [0.3, 0.4) is 0 Å². The number of carboxylic acids is 1. The second kappa shape index (κ2) is 8.59. The van der Waals surface area contributed by atoms with Gasteiger partial charge in [0, 0.05) is 6.54 Å². The number of nitrogens with zero attached hydrogens (tertiary/aromatic N) is 3. The molecule has 3 N–H and O–H groups in total. The van der Waals surface area contributed by atoms with Crippen molar-refractivity contribution in [2.24, 2.45) is 4.99 Å². The number of halogens is 1. The van der Waals surface area contributed by atoms with Crippen molar-refractivity contribution in [3.05, 3.63) is 53.1 Å². The number of fused-ring (bicyclic) bond motifs is 1. The highest BCUT2D eigenvalue weighted by atomic mass is 35.5. The number of aliphatic carboxylic acids is 1. The van der Waals surface area contributed by atoms with Gasteiger partial charge in [-0.2, -0.15) is 8.75 Å². The number of carbonyl (C=O) groups is 1. The average molecular weight is 390 g/mol. The summed E-state index contributed by atoms with van der Waals surface area (Å²) < 4.78 is 8.39. The number of aromatic nitrogens is 2. The lowest BCUT2D eigenvalue weighted by atomic mass is 10.2. The molecule has 1 aliphatic rings.